The summed E-state index contributed by atoms with van der Waals surface area (Å²) in [5.41, 5.74) is 0. The average Bonchev–Trinajstić information content (AvgIpc) is 2.55. The average molecular weight is 322 g/mol. The molecule has 0 fully saturated rings. The molecule has 0 amide bonds. The van der Waals surface area contributed by atoms with Gasteiger partial charge < -0.3 is 4.74 Å². The summed E-state index contributed by atoms with van der Waals surface area (Å²) in [6, 6.07) is 0. The molecule has 130 valence electrons. The summed E-state index contributed by atoms with van der Waals surface area (Å²) in [7, 11) is 1.40. The number of ether oxygens (including phenoxy) is 1. The molecule has 0 saturated carbocycles. The van der Waals surface area contributed by atoms with Gasteiger partial charge in [-0.2, -0.15) is 0 Å². The molecule has 0 aliphatic carbocycles. The number of methoxy groups -OCH3 is 1. The maximum absolute atomic E-state index is 11.6. The van der Waals surface area contributed by atoms with Crippen LogP contribution in [0, 0.1) is 0 Å². The van der Waals surface area contributed by atoms with Gasteiger partial charge in [-0.25, -0.2) is 0 Å². The van der Waals surface area contributed by atoms with E-state index in [9.17, 15) is 14.4 Å². The number of hydrogen-bond donors (Lipinski definition) is 0. The molecule has 0 rings (SSSR count). The van der Waals surface area contributed by atoms with Crippen molar-refractivity contribution in [1.29, 1.82) is 0 Å². The molecule has 0 unspecified atom stereocenters. The maximum atomic E-state index is 11.6. The van der Waals surface area contributed by atoms with Crippen LogP contribution >= 0.6 is 0 Å². The van der Waals surface area contributed by atoms with Gasteiger partial charge in [0.05, 0.1) is 7.11 Å². The van der Waals surface area contributed by atoms with Gasteiger partial charge in [0.25, 0.3) is 0 Å². The summed E-state index contributed by atoms with van der Waals surface area (Å²) in [4.78, 5) is 34.0. The lowest BCUT2D eigenvalue weighted by Crippen LogP contribution is -1.99. The molecular weight excluding hydrogens is 292 g/mol. The molecule has 0 aliphatic heterocycles. The lowest BCUT2D eigenvalue weighted by molar-refractivity contribution is -0.140. The normalized spacial score (nSPS) is 11.2. The van der Waals surface area contributed by atoms with Crippen molar-refractivity contribution in [3.05, 3.63) is 24.3 Å². The fraction of sp³-hybridized carbons (Fsp3) is 0.632. The minimum atomic E-state index is -0.168. The molecule has 4 heteroatoms. The molecule has 0 spiro atoms. The number of unbranched alkanes of at least 4 members (excludes halogenated alkanes) is 6. The Labute approximate surface area is 140 Å². The first-order valence-corrected chi connectivity index (χ1v) is 8.58. The molecule has 23 heavy (non-hydrogen) atoms. The Hall–Kier alpha value is -1.71. The van der Waals surface area contributed by atoms with Crippen LogP contribution in [0.1, 0.15) is 71.1 Å². The van der Waals surface area contributed by atoms with Gasteiger partial charge in [-0.3, -0.25) is 14.4 Å². The highest BCUT2D eigenvalue weighted by Gasteiger charge is 2.01. The number of carbonyl (C=O) groups is 3. The Morgan fingerprint density at radius 2 is 1.48 bits per heavy atom. The molecule has 0 aromatic rings. The SMILES string of the molecule is CCCC/C=C/C(=O)/C=C/C(=O)CCCCCCCC(=O)OC. The lowest BCUT2D eigenvalue weighted by atomic mass is 10.1. The number of hydrogen-bond acceptors (Lipinski definition) is 4. The van der Waals surface area contributed by atoms with E-state index in [1.54, 1.807) is 0 Å². The highest BCUT2D eigenvalue weighted by Crippen LogP contribution is 2.08. The summed E-state index contributed by atoms with van der Waals surface area (Å²) in [5, 5.41) is 0. The van der Waals surface area contributed by atoms with E-state index in [4.69, 9.17) is 0 Å². The number of carbonyl (C=O) groups excluding carboxylic acids is 3. The van der Waals surface area contributed by atoms with Gasteiger partial charge in [-0.05, 0) is 37.5 Å². The largest absolute Gasteiger partial charge is 0.469 e. The van der Waals surface area contributed by atoms with Crippen LogP contribution in [-0.4, -0.2) is 24.6 Å². The molecule has 0 saturated heterocycles. The van der Waals surface area contributed by atoms with E-state index in [1.165, 1.54) is 25.3 Å². The molecule has 0 aromatic carbocycles. The molecule has 4 nitrogen and oxygen atoms in total. The van der Waals surface area contributed by atoms with Crippen LogP contribution < -0.4 is 0 Å². The van der Waals surface area contributed by atoms with E-state index in [2.05, 4.69) is 11.7 Å². The first-order chi connectivity index (χ1) is 11.1. The van der Waals surface area contributed by atoms with Crippen LogP contribution in [-0.2, 0) is 19.1 Å². The topological polar surface area (TPSA) is 60.4 Å². The van der Waals surface area contributed by atoms with E-state index in [-0.39, 0.29) is 17.5 Å². The zero-order valence-corrected chi connectivity index (χ0v) is 14.5. The third-order valence-electron chi connectivity index (χ3n) is 3.47. The van der Waals surface area contributed by atoms with E-state index >= 15 is 0 Å². The van der Waals surface area contributed by atoms with E-state index < -0.39 is 0 Å². The van der Waals surface area contributed by atoms with Crippen molar-refractivity contribution in [3.8, 4) is 0 Å². The van der Waals surface area contributed by atoms with E-state index in [0.29, 0.717) is 12.8 Å². The zero-order chi connectivity index (χ0) is 17.3. The monoisotopic (exact) mass is 322 g/mol. The van der Waals surface area contributed by atoms with E-state index in [0.717, 1.165) is 51.4 Å². The minimum absolute atomic E-state index is 0.00475. The molecular formula is C19H30O4. The number of rotatable bonds is 14. The molecule has 0 bridgehead atoms. The predicted octanol–water partition coefficient (Wildman–Crippen LogP) is 4.33. The van der Waals surface area contributed by atoms with Crippen molar-refractivity contribution >= 4 is 17.5 Å². The van der Waals surface area contributed by atoms with Gasteiger partial charge in [-0.15, -0.1) is 0 Å². The van der Waals surface area contributed by atoms with Gasteiger partial charge in [0.15, 0.2) is 11.6 Å². The Morgan fingerprint density at radius 3 is 2.13 bits per heavy atom. The minimum Gasteiger partial charge on any atom is -0.469 e. The quantitative estimate of drug-likeness (QED) is 0.271. The smallest absolute Gasteiger partial charge is 0.305 e. The maximum Gasteiger partial charge on any atom is 0.305 e. The third kappa shape index (κ3) is 15.0. The van der Waals surface area contributed by atoms with Crippen LogP contribution in [0.4, 0.5) is 0 Å². The molecule has 0 aromatic heterocycles. The fourth-order valence-electron chi connectivity index (χ4n) is 2.04. The first-order valence-electron chi connectivity index (χ1n) is 8.58. The zero-order valence-electron chi connectivity index (χ0n) is 14.5. The second-order valence-corrected chi connectivity index (χ2v) is 5.59. The van der Waals surface area contributed by atoms with Crippen molar-refractivity contribution in [2.75, 3.05) is 7.11 Å². The Balaban J connectivity index is 3.62. The second-order valence-electron chi connectivity index (χ2n) is 5.59. The summed E-state index contributed by atoms with van der Waals surface area (Å²) in [6.45, 7) is 2.10. The Kier molecular flexibility index (Phi) is 14.1. The standard InChI is InChI=1S/C19H30O4/c1-3-4-5-9-12-17(20)15-16-18(21)13-10-7-6-8-11-14-19(22)23-2/h9,12,15-16H,3-8,10-11,13-14H2,1-2H3/b12-9+,16-15+. The summed E-state index contributed by atoms with van der Waals surface area (Å²) >= 11 is 0. The van der Waals surface area contributed by atoms with Gasteiger partial charge in [-0.1, -0.05) is 45.1 Å². The first kappa shape index (κ1) is 21.3. The lowest BCUT2D eigenvalue weighted by Gasteiger charge is -2.00. The summed E-state index contributed by atoms with van der Waals surface area (Å²) in [5.74, 6) is -0.300. The van der Waals surface area contributed by atoms with E-state index in [1.807, 2.05) is 6.08 Å². The van der Waals surface area contributed by atoms with Crippen molar-refractivity contribution in [1.82, 2.24) is 0 Å². The third-order valence-corrected chi connectivity index (χ3v) is 3.47. The summed E-state index contributed by atoms with van der Waals surface area (Å²) < 4.78 is 4.57. The second kappa shape index (κ2) is 15.2. The molecule has 0 heterocycles. The fourth-order valence-corrected chi connectivity index (χ4v) is 2.04. The number of ketones is 2. The van der Waals surface area contributed by atoms with Gasteiger partial charge in [0.2, 0.25) is 0 Å². The molecule has 0 radical (unpaired) electrons. The highest BCUT2D eigenvalue weighted by atomic mass is 16.5. The predicted molar refractivity (Wildman–Crippen MR) is 92.2 cm³/mol. The van der Waals surface area contributed by atoms with Crippen LogP contribution in [0.2, 0.25) is 0 Å². The molecule has 0 aliphatic rings. The van der Waals surface area contributed by atoms with Gasteiger partial charge in [0.1, 0.15) is 0 Å². The molecule has 0 atom stereocenters. The van der Waals surface area contributed by atoms with Crippen molar-refractivity contribution < 1.29 is 19.1 Å². The van der Waals surface area contributed by atoms with Crippen molar-refractivity contribution in [3.63, 3.8) is 0 Å². The highest BCUT2D eigenvalue weighted by molar-refractivity contribution is 6.03. The van der Waals surface area contributed by atoms with Crippen LogP contribution in [0.15, 0.2) is 24.3 Å². The Bertz CT molecular complexity index is 408. The number of allylic oxidation sites excluding steroid dienone is 4. The van der Waals surface area contributed by atoms with Crippen molar-refractivity contribution in [2.45, 2.75) is 71.1 Å². The Morgan fingerprint density at radius 1 is 0.826 bits per heavy atom. The van der Waals surface area contributed by atoms with Gasteiger partial charge in [0, 0.05) is 12.8 Å². The molecule has 0 N–H and O–H groups in total. The van der Waals surface area contributed by atoms with Gasteiger partial charge >= 0.3 is 5.97 Å². The van der Waals surface area contributed by atoms with Crippen LogP contribution in [0.5, 0.6) is 0 Å². The summed E-state index contributed by atoms with van der Waals surface area (Å²) in [6.07, 6.45) is 14.7. The number of esters is 1. The van der Waals surface area contributed by atoms with Crippen LogP contribution in [0.25, 0.3) is 0 Å². The van der Waals surface area contributed by atoms with Crippen LogP contribution in [0.3, 0.4) is 0 Å². The van der Waals surface area contributed by atoms with Crippen molar-refractivity contribution in [2.24, 2.45) is 0 Å².